The van der Waals surface area contributed by atoms with Gasteiger partial charge in [0.1, 0.15) is 18.1 Å². The number of carbonyl (C=O) groups is 1. The van der Waals surface area contributed by atoms with E-state index in [1.54, 1.807) is 18.2 Å². The fourth-order valence-electron chi connectivity index (χ4n) is 3.04. The van der Waals surface area contributed by atoms with Crippen molar-refractivity contribution in [3.8, 4) is 11.5 Å². The smallest absolute Gasteiger partial charge is 0.232 e. The molecule has 27 heavy (non-hydrogen) atoms. The Morgan fingerprint density at radius 1 is 1.04 bits per heavy atom. The van der Waals surface area contributed by atoms with Gasteiger partial charge in [-0.05, 0) is 41.8 Å². The topological polar surface area (TPSA) is 35.5 Å². The van der Waals surface area contributed by atoms with Crippen LogP contribution in [0.1, 0.15) is 27.0 Å². The second-order valence-corrected chi connectivity index (χ2v) is 6.76. The minimum Gasteiger partial charge on any atom is -0.489 e. The molecule has 0 amide bonds. The number of rotatable bonds is 4. The van der Waals surface area contributed by atoms with Crippen LogP contribution >= 0.6 is 11.6 Å². The summed E-state index contributed by atoms with van der Waals surface area (Å²) in [5.74, 6) is 1.31. The van der Waals surface area contributed by atoms with Crippen molar-refractivity contribution in [1.29, 1.82) is 0 Å². The van der Waals surface area contributed by atoms with Gasteiger partial charge in [0.25, 0.3) is 0 Å². The Morgan fingerprint density at radius 3 is 2.56 bits per heavy atom. The maximum atomic E-state index is 12.7. The lowest BCUT2D eigenvalue weighted by Crippen LogP contribution is -2.00. The van der Waals surface area contributed by atoms with Crippen LogP contribution in [0.2, 0.25) is 5.02 Å². The number of halogens is 1. The molecule has 0 atom stereocenters. The molecule has 1 aliphatic rings. The van der Waals surface area contributed by atoms with Crippen LogP contribution in [0.15, 0.2) is 72.5 Å². The summed E-state index contributed by atoms with van der Waals surface area (Å²) in [7, 11) is 0. The van der Waals surface area contributed by atoms with Crippen molar-refractivity contribution >= 4 is 23.5 Å². The molecule has 0 saturated heterocycles. The van der Waals surface area contributed by atoms with Crippen molar-refractivity contribution in [3.05, 3.63) is 99.8 Å². The Morgan fingerprint density at radius 2 is 1.78 bits per heavy atom. The van der Waals surface area contributed by atoms with E-state index in [0.29, 0.717) is 28.7 Å². The fourth-order valence-corrected chi connectivity index (χ4v) is 3.23. The lowest BCUT2D eigenvalue weighted by molar-refractivity contribution is 0.101. The van der Waals surface area contributed by atoms with E-state index < -0.39 is 0 Å². The molecule has 1 heterocycles. The molecular formula is C23H17ClO3. The SMILES string of the molecule is Cc1cc(OCc2ccccc2)cc2c1C(=O)/C(=C/c1ccccc1Cl)O2. The van der Waals surface area contributed by atoms with Crippen molar-refractivity contribution in [2.75, 3.05) is 0 Å². The van der Waals surface area contributed by atoms with Gasteiger partial charge in [-0.1, -0.05) is 60.1 Å². The molecule has 0 N–H and O–H groups in total. The summed E-state index contributed by atoms with van der Waals surface area (Å²) < 4.78 is 11.7. The Hall–Kier alpha value is -3.04. The van der Waals surface area contributed by atoms with E-state index in [-0.39, 0.29) is 11.5 Å². The number of allylic oxidation sites excluding steroid dienone is 1. The number of aryl methyl sites for hydroxylation is 1. The summed E-state index contributed by atoms with van der Waals surface area (Å²) in [6.45, 7) is 2.34. The monoisotopic (exact) mass is 376 g/mol. The largest absolute Gasteiger partial charge is 0.489 e. The van der Waals surface area contributed by atoms with E-state index in [2.05, 4.69) is 0 Å². The highest BCUT2D eigenvalue weighted by atomic mass is 35.5. The quantitative estimate of drug-likeness (QED) is 0.536. The van der Waals surface area contributed by atoms with Gasteiger partial charge in [-0.15, -0.1) is 0 Å². The average molecular weight is 377 g/mol. The maximum Gasteiger partial charge on any atom is 0.232 e. The van der Waals surface area contributed by atoms with Crippen molar-refractivity contribution in [1.82, 2.24) is 0 Å². The van der Waals surface area contributed by atoms with Gasteiger partial charge in [0.15, 0.2) is 5.76 Å². The van der Waals surface area contributed by atoms with E-state index in [0.717, 1.165) is 16.7 Å². The van der Waals surface area contributed by atoms with Crippen molar-refractivity contribution < 1.29 is 14.3 Å². The molecule has 0 radical (unpaired) electrons. The zero-order chi connectivity index (χ0) is 18.8. The van der Waals surface area contributed by atoms with E-state index >= 15 is 0 Å². The molecule has 0 aliphatic carbocycles. The summed E-state index contributed by atoms with van der Waals surface area (Å²) in [4.78, 5) is 12.7. The fraction of sp³-hybridized carbons (Fsp3) is 0.0870. The minimum atomic E-state index is -0.142. The molecule has 4 heteroatoms. The molecule has 3 nitrogen and oxygen atoms in total. The summed E-state index contributed by atoms with van der Waals surface area (Å²) >= 11 is 6.19. The molecule has 134 valence electrons. The molecule has 3 aromatic carbocycles. The predicted octanol–water partition coefficient (Wildman–Crippen LogP) is 5.84. The van der Waals surface area contributed by atoms with Crippen LogP contribution in [0.25, 0.3) is 6.08 Å². The van der Waals surface area contributed by atoms with E-state index in [4.69, 9.17) is 21.1 Å². The Bertz CT molecular complexity index is 1040. The second-order valence-electron chi connectivity index (χ2n) is 6.35. The van der Waals surface area contributed by atoms with Crippen LogP contribution in [0, 0.1) is 6.92 Å². The molecule has 0 spiro atoms. The summed E-state index contributed by atoms with van der Waals surface area (Å²) in [5.41, 5.74) is 3.21. The number of hydrogen-bond acceptors (Lipinski definition) is 3. The lowest BCUT2D eigenvalue weighted by atomic mass is 10.0. The van der Waals surface area contributed by atoms with Crippen LogP contribution in [-0.4, -0.2) is 5.78 Å². The Kier molecular flexibility index (Phi) is 4.69. The Labute approximate surface area is 162 Å². The molecule has 0 fully saturated rings. The predicted molar refractivity (Wildman–Crippen MR) is 106 cm³/mol. The van der Waals surface area contributed by atoms with Gasteiger partial charge < -0.3 is 9.47 Å². The first kappa shape index (κ1) is 17.4. The zero-order valence-electron chi connectivity index (χ0n) is 14.7. The molecule has 0 saturated carbocycles. The number of carbonyl (C=O) groups excluding carboxylic acids is 1. The van der Waals surface area contributed by atoms with E-state index in [1.165, 1.54) is 0 Å². The first-order chi connectivity index (χ1) is 13.1. The highest BCUT2D eigenvalue weighted by molar-refractivity contribution is 6.32. The molecule has 0 bridgehead atoms. The third-order valence-corrected chi connectivity index (χ3v) is 4.73. The van der Waals surface area contributed by atoms with Crippen LogP contribution in [0.3, 0.4) is 0 Å². The van der Waals surface area contributed by atoms with E-state index in [9.17, 15) is 4.79 Å². The molecule has 4 rings (SSSR count). The molecule has 0 aromatic heterocycles. The number of ether oxygens (including phenoxy) is 2. The number of benzene rings is 3. The van der Waals surface area contributed by atoms with Crippen LogP contribution in [-0.2, 0) is 6.61 Å². The second kappa shape index (κ2) is 7.29. The first-order valence-corrected chi connectivity index (χ1v) is 9.00. The highest BCUT2D eigenvalue weighted by Gasteiger charge is 2.30. The van der Waals surface area contributed by atoms with Crippen molar-refractivity contribution in [2.45, 2.75) is 13.5 Å². The van der Waals surface area contributed by atoms with Gasteiger partial charge in [-0.25, -0.2) is 0 Å². The van der Waals surface area contributed by atoms with Crippen LogP contribution in [0.5, 0.6) is 11.5 Å². The van der Waals surface area contributed by atoms with Gasteiger partial charge in [-0.2, -0.15) is 0 Å². The van der Waals surface area contributed by atoms with Gasteiger partial charge in [0.2, 0.25) is 5.78 Å². The van der Waals surface area contributed by atoms with Gasteiger partial charge in [0.05, 0.1) is 5.56 Å². The minimum absolute atomic E-state index is 0.142. The average Bonchev–Trinajstić information content (AvgIpc) is 2.99. The van der Waals surface area contributed by atoms with E-state index in [1.807, 2.05) is 61.5 Å². The van der Waals surface area contributed by atoms with Gasteiger partial charge >= 0.3 is 0 Å². The van der Waals surface area contributed by atoms with Crippen molar-refractivity contribution in [3.63, 3.8) is 0 Å². The maximum absolute atomic E-state index is 12.7. The zero-order valence-corrected chi connectivity index (χ0v) is 15.5. The Balaban J connectivity index is 1.60. The first-order valence-electron chi connectivity index (χ1n) is 8.62. The molecule has 3 aromatic rings. The lowest BCUT2D eigenvalue weighted by Gasteiger charge is -2.09. The summed E-state index contributed by atoms with van der Waals surface area (Å²) in [5, 5.41) is 0.570. The van der Waals surface area contributed by atoms with Gasteiger partial charge in [0, 0.05) is 11.1 Å². The molecular weight excluding hydrogens is 360 g/mol. The van der Waals surface area contributed by atoms with Crippen LogP contribution in [0.4, 0.5) is 0 Å². The standard InChI is InChI=1S/C23H17ClO3/c1-15-11-18(26-14-16-7-3-2-4-8-16)13-20-22(15)23(25)21(27-20)12-17-9-5-6-10-19(17)24/h2-13H,14H2,1H3/b21-12-. The van der Waals surface area contributed by atoms with Crippen molar-refractivity contribution in [2.24, 2.45) is 0 Å². The third-order valence-electron chi connectivity index (χ3n) is 4.38. The number of fused-ring (bicyclic) bond motifs is 1. The van der Waals surface area contributed by atoms with Gasteiger partial charge in [-0.3, -0.25) is 4.79 Å². The normalized spacial score (nSPS) is 14.1. The summed E-state index contributed by atoms with van der Waals surface area (Å²) in [6, 6.07) is 20.9. The third kappa shape index (κ3) is 3.60. The number of ketones is 1. The molecule has 0 unspecified atom stereocenters. The highest BCUT2D eigenvalue weighted by Crippen LogP contribution is 2.38. The summed E-state index contributed by atoms with van der Waals surface area (Å²) in [6.07, 6.45) is 1.68. The molecule has 1 aliphatic heterocycles. The number of Topliss-reactive ketones (excluding diaryl/α,β-unsaturated/α-hetero) is 1. The van der Waals surface area contributed by atoms with Crippen LogP contribution < -0.4 is 9.47 Å². The number of hydrogen-bond donors (Lipinski definition) is 0.